The van der Waals surface area contributed by atoms with Crippen molar-refractivity contribution in [3.8, 4) is 0 Å². The summed E-state index contributed by atoms with van der Waals surface area (Å²) in [5.41, 5.74) is 3.05. The number of nitrogens with zero attached hydrogens (tertiary/aromatic N) is 5. The molecule has 0 atom stereocenters. The molecule has 0 spiro atoms. The summed E-state index contributed by atoms with van der Waals surface area (Å²) in [6.45, 7) is 3.82. The Balaban J connectivity index is 1.93. The average molecular weight is 270 g/mol. The molecule has 0 aromatic carbocycles. The summed E-state index contributed by atoms with van der Waals surface area (Å²) in [6.07, 6.45) is 1.83. The van der Waals surface area contributed by atoms with Gasteiger partial charge in [0.25, 0.3) is 5.91 Å². The Hall–Kier alpha value is -2.70. The number of amides is 1. The predicted octanol–water partition coefficient (Wildman–Crippen LogP) is 1.33. The van der Waals surface area contributed by atoms with Crippen molar-refractivity contribution in [3.05, 3.63) is 41.3 Å². The fourth-order valence-corrected chi connectivity index (χ4v) is 2.07. The second-order valence-electron chi connectivity index (χ2n) is 4.70. The number of hydrogen-bond donors (Lipinski definition) is 1. The number of hydrogen-bond acceptors (Lipinski definition) is 4. The molecule has 0 aliphatic rings. The summed E-state index contributed by atoms with van der Waals surface area (Å²) < 4.78 is 3.27. The van der Waals surface area contributed by atoms with Crippen molar-refractivity contribution < 1.29 is 4.79 Å². The van der Waals surface area contributed by atoms with Crippen LogP contribution < -0.4 is 5.32 Å². The Morgan fingerprint density at radius 1 is 1.25 bits per heavy atom. The van der Waals surface area contributed by atoms with E-state index in [1.54, 1.807) is 17.5 Å². The van der Waals surface area contributed by atoms with Gasteiger partial charge in [0.1, 0.15) is 5.69 Å². The Kier molecular flexibility index (Phi) is 2.74. The van der Waals surface area contributed by atoms with E-state index in [1.807, 2.05) is 32.2 Å². The van der Waals surface area contributed by atoms with Crippen LogP contribution in [0.3, 0.4) is 0 Å². The summed E-state index contributed by atoms with van der Waals surface area (Å²) in [4.78, 5) is 12.2. The first-order chi connectivity index (χ1) is 9.54. The highest BCUT2D eigenvalue weighted by Gasteiger charge is 2.15. The van der Waals surface area contributed by atoms with E-state index in [9.17, 15) is 4.79 Å². The smallest absolute Gasteiger partial charge is 0.276 e. The maximum absolute atomic E-state index is 12.2. The number of anilines is 1. The topological polar surface area (TPSA) is 77.1 Å². The Morgan fingerprint density at radius 3 is 2.75 bits per heavy atom. The van der Waals surface area contributed by atoms with Gasteiger partial charge < -0.3 is 0 Å². The molecule has 0 fully saturated rings. The van der Waals surface area contributed by atoms with Gasteiger partial charge in [-0.2, -0.15) is 5.10 Å². The Labute approximate surface area is 115 Å². The molecule has 1 N–H and O–H groups in total. The molecular weight excluding hydrogens is 256 g/mol. The predicted molar refractivity (Wildman–Crippen MR) is 73.6 cm³/mol. The zero-order valence-electron chi connectivity index (χ0n) is 11.5. The van der Waals surface area contributed by atoms with Crippen LogP contribution in [0.4, 0.5) is 5.95 Å². The summed E-state index contributed by atoms with van der Waals surface area (Å²) in [7, 11) is 1.73. The van der Waals surface area contributed by atoms with Crippen LogP contribution in [0.5, 0.6) is 0 Å². The normalized spacial score (nSPS) is 10.9. The van der Waals surface area contributed by atoms with Crippen LogP contribution in [0.15, 0.2) is 24.4 Å². The highest BCUT2D eigenvalue weighted by Crippen LogP contribution is 2.11. The van der Waals surface area contributed by atoms with Crippen LogP contribution in [0.2, 0.25) is 0 Å². The molecule has 0 radical (unpaired) electrons. The third-order valence-corrected chi connectivity index (χ3v) is 3.03. The van der Waals surface area contributed by atoms with Crippen molar-refractivity contribution in [3.63, 3.8) is 0 Å². The lowest BCUT2D eigenvalue weighted by molar-refractivity contribution is 0.101. The Morgan fingerprint density at radius 2 is 2.05 bits per heavy atom. The van der Waals surface area contributed by atoms with Crippen LogP contribution in [0.25, 0.3) is 5.65 Å². The number of rotatable bonds is 2. The number of pyridine rings is 1. The van der Waals surface area contributed by atoms with Crippen molar-refractivity contribution >= 4 is 17.5 Å². The minimum absolute atomic E-state index is 0.261. The minimum Gasteiger partial charge on any atom is -0.289 e. The molecule has 3 rings (SSSR count). The van der Waals surface area contributed by atoms with Gasteiger partial charge in [0.15, 0.2) is 5.65 Å². The molecule has 1 amide bonds. The van der Waals surface area contributed by atoms with Gasteiger partial charge in [-0.25, -0.2) is 0 Å². The first-order valence-electron chi connectivity index (χ1n) is 6.18. The van der Waals surface area contributed by atoms with Gasteiger partial charge >= 0.3 is 0 Å². The van der Waals surface area contributed by atoms with Crippen molar-refractivity contribution in [2.45, 2.75) is 13.8 Å². The SMILES string of the molecule is Cc1ccn2c(NC(=O)c3cc(C)nn3C)nnc2c1. The average Bonchev–Trinajstić information content (AvgIpc) is 2.93. The van der Waals surface area contributed by atoms with Gasteiger partial charge in [-0.05, 0) is 37.6 Å². The number of carbonyl (C=O) groups excluding carboxylic acids is 1. The van der Waals surface area contributed by atoms with Crippen molar-refractivity contribution in [2.75, 3.05) is 5.32 Å². The molecule has 7 nitrogen and oxygen atoms in total. The summed E-state index contributed by atoms with van der Waals surface area (Å²) >= 11 is 0. The second-order valence-corrected chi connectivity index (χ2v) is 4.70. The lowest BCUT2D eigenvalue weighted by Gasteiger charge is -2.03. The number of aromatic nitrogens is 5. The van der Waals surface area contributed by atoms with Crippen LogP contribution in [0, 0.1) is 13.8 Å². The Bertz CT molecular complexity index is 800. The second kappa shape index (κ2) is 4.44. The highest BCUT2D eigenvalue weighted by molar-refractivity contribution is 6.02. The van der Waals surface area contributed by atoms with Crippen LogP contribution in [-0.2, 0) is 7.05 Å². The molecule has 7 heteroatoms. The third-order valence-electron chi connectivity index (χ3n) is 3.03. The molecule has 0 saturated carbocycles. The standard InChI is InChI=1S/C13H14N6O/c1-8-4-5-19-11(6-8)15-16-13(19)14-12(20)10-7-9(2)17-18(10)3/h4-7H,1-3H3,(H,14,16,20). The van der Waals surface area contributed by atoms with E-state index >= 15 is 0 Å². The molecule has 3 aromatic rings. The molecule has 0 unspecified atom stereocenters. The van der Waals surface area contributed by atoms with Gasteiger partial charge in [0, 0.05) is 13.2 Å². The van der Waals surface area contributed by atoms with Gasteiger partial charge in [-0.3, -0.25) is 19.2 Å². The van der Waals surface area contributed by atoms with E-state index < -0.39 is 0 Å². The fourth-order valence-electron chi connectivity index (χ4n) is 2.07. The van der Waals surface area contributed by atoms with E-state index in [-0.39, 0.29) is 5.91 Å². The highest BCUT2D eigenvalue weighted by atomic mass is 16.2. The van der Waals surface area contributed by atoms with E-state index in [0.717, 1.165) is 11.3 Å². The summed E-state index contributed by atoms with van der Waals surface area (Å²) in [5.74, 6) is 0.131. The van der Waals surface area contributed by atoms with Gasteiger partial charge in [0.05, 0.1) is 5.69 Å². The maximum atomic E-state index is 12.2. The number of aryl methyl sites for hydroxylation is 3. The molecular formula is C13H14N6O. The summed E-state index contributed by atoms with van der Waals surface area (Å²) in [6, 6.07) is 5.56. The first-order valence-corrected chi connectivity index (χ1v) is 6.18. The zero-order valence-corrected chi connectivity index (χ0v) is 11.5. The minimum atomic E-state index is -0.261. The molecule has 3 heterocycles. The van der Waals surface area contributed by atoms with E-state index in [4.69, 9.17) is 0 Å². The third kappa shape index (κ3) is 2.03. The fraction of sp³-hybridized carbons (Fsp3) is 0.231. The largest absolute Gasteiger partial charge is 0.289 e. The molecule has 0 bridgehead atoms. The summed E-state index contributed by atoms with van der Waals surface area (Å²) in [5, 5.41) is 14.9. The molecule has 102 valence electrons. The quantitative estimate of drug-likeness (QED) is 0.762. The molecule has 0 aliphatic carbocycles. The van der Waals surface area contributed by atoms with Crippen LogP contribution >= 0.6 is 0 Å². The number of fused-ring (bicyclic) bond motifs is 1. The van der Waals surface area contributed by atoms with Crippen LogP contribution in [-0.4, -0.2) is 30.3 Å². The molecule has 20 heavy (non-hydrogen) atoms. The number of nitrogens with one attached hydrogen (secondary N) is 1. The van der Waals surface area contributed by atoms with Crippen molar-refractivity contribution in [2.24, 2.45) is 7.05 Å². The van der Waals surface area contributed by atoms with E-state index in [2.05, 4.69) is 20.6 Å². The van der Waals surface area contributed by atoms with Gasteiger partial charge in [-0.1, -0.05) is 0 Å². The zero-order chi connectivity index (χ0) is 14.3. The van der Waals surface area contributed by atoms with Crippen LogP contribution in [0.1, 0.15) is 21.7 Å². The van der Waals surface area contributed by atoms with Gasteiger partial charge in [0.2, 0.25) is 5.95 Å². The van der Waals surface area contributed by atoms with Gasteiger partial charge in [-0.15, -0.1) is 10.2 Å². The lowest BCUT2D eigenvalue weighted by atomic mass is 10.3. The van der Waals surface area contributed by atoms with E-state index in [0.29, 0.717) is 17.3 Å². The lowest BCUT2D eigenvalue weighted by Crippen LogP contribution is -2.17. The molecule has 0 saturated heterocycles. The monoisotopic (exact) mass is 270 g/mol. The molecule has 0 aliphatic heterocycles. The van der Waals surface area contributed by atoms with Crippen molar-refractivity contribution in [1.29, 1.82) is 0 Å². The maximum Gasteiger partial charge on any atom is 0.276 e. The molecule has 3 aromatic heterocycles. The van der Waals surface area contributed by atoms with Crippen molar-refractivity contribution in [1.82, 2.24) is 24.4 Å². The first kappa shape index (κ1) is 12.3. The number of carbonyl (C=O) groups is 1. The van der Waals surface area contributed by atoms with E-state index in [1.165, 1.54) is 4.68 Å².